The van der Waals surface area contributed by atoms with Crippen molar-refractivity contribution < 1.29 is 18.0 Å². The van der Waals surface area contributed by atoms with Gasteiger partial charge in [-0.3, -0.25) is 4.79 Å². The number of halogens is 3. The fourth-order valence-corrected chi connectivity index (χ4v) is 3.03. The van der Waals surface area contributed by atoms with Gasteiger partial charge in [0.15, 0.2) is 0 Å². The molecule has 0 aromatic heterocycles. The van der Waals surface area contributed by atoms with E-state index in [1.807, 2.05) is 6.92 Å². The molecule has 19 heavy (non-hydrogen) atoms. The maximum absolute atomic E-state index is 12.5. The van der Waals surface area contributed by atoms with Crippen molar-refractivity contribution in [2.24, 2.45) is 17.8 Å². The third-order valence-corrected chi connectivity index (χ3v) is 4.39. The van der Waals surface area contributed by atoms with Crippen molar-refractivity contribution in [2.45, 2.75) is 44.8 Å². The third kappa shape index (κ3) is 3.61. The minimum Gasteiger partial charge on any atom is -0.353 e. The van der Waals surface area contributed by atoms with Gasteiger partial charge in [-0.25, -0.2) is 0 Å². The number of alkyl halides is 3. The summed E-state index contributed by atoms with van der Waals surface area (Å²) in [4.78, 5) is 12.0. The Hall–Kier alpha value is -0.780. The van der Waals surface area contributed by atoms with Crippen LogP contribution in [0.4, 0.5) is 13.2 Å². The highest BCUT2D eigenvalue weighted by Crippen LogP contribution is 2.37. The molecule has 0 spiro atoms. The van der Waals surface area contributed by atoms with E-state index in [0.29, 0.717) is 25.3 Å². The Morgan fingerprint density at radius 2 is 1.79 bits per heavy atom. The molecule has 1 saturated carbocycles. The first-order valence-electron chi connectivity index (χ1n) is 6.95. The van der Waals surface area contributed by atoms with Crippen LogP contribution in [-0.4, -0.2) is 31.2 Å². The van der Waals surface area contributed by atoms with Gasteiger partial charge in [-0.1, -0.05) is 6.92 Å². The number of carbonyl (C=O) groups is 1. The molecule has 0 aromatic carbocycles. The van der Waals surface area contributed by atoms with Crippen LogP contribution in [0.15, 0.2) is 0 Å². The van der Waals surface area contributed by atoms with Gasteiger partial charge in [0, 0.05) is 12.6 Å². The van der Waals surface area contributed by atoms with E-state index in [-0.39, 0.29) is 30.7 Å². The molecule has 1 aliphatic carbocycles. The summed E-state index contributed by atoms with van der Waals surface area (Å²) in [5.41, 5.74) is 0. The number of hydrogen-bond donors (Lipinski definition) is 2. The Morgan fingerprint density at radius 3 is 2.26 bits per heavy atom. The molecule has 2 fully saturated rings. The molecule has 6 heteroatoms. The Bertz CT molecular complexity index is 324. The zero-order chi connectivity index (χ0) is 14.0. The summed E-state index contributed by atoms with van der Waals surface area (Å²) in [6.45, 7) is 3.52. The van der Waals surface area contributed by atoms with Crippen LogP contribution in [0.2, 0.25) is 0 Å². The van der Waals surface area contributed by atoms with Crippen molar-refractivity contribution in [3.63, 3.8) is 0 Å². The maximum atomic E-state index is 12.5. The lowest BCUT2D eigenvalue weighted by molar-refractivity contribution is -0.182. The Balaban J connectivity index is 1.78. The van der Waals surface area contributed by atoms with Crippen molar-refractivity contribution in [1.82, 2.24) is 10.6 Å². The smallest absolute Gasteiger partial charge is 0.353 e. The highest BCUT2D eigenvalue weighted by atomic mass is 19.4. The number of hydrogen-bond acceptors (Lipinski definition) is 2. The number of carbonyl (C=O) groups excluding carboxylic acids is 1. The Morgan fingerprint density at radius 1 is 1.16 bits per heavy atom. The molecule has 1 heterocycles. The van der Waals surface area contributed by atoms with Crippen molar-refractivity contribution >= 4 is 5.91 Å². The Labute approximate surface area is 111 Å². The first kappa shape index (κ1) is 14.6. The fraction of sp³-hybridized carbons (Fsp3) is 0.923. The van der Waals surface area contributed by atoms with Gasteiger partial charge in [0.2, 0.25) is 5.91 Å². The first-order valence-corrected chi connectivity index (χ1v) is 6.95. The molecule has 110 valence electrons. The summed E-state index contributed by atoms with van der Waals surface area (Å²) in [6.07, 6.45) is -2.95. The summed E-state index contributed by atoms with van der Waals surface area (Å²) < 4.78 is 37.6. The van der Waals surface area contributed by atoms with Crippen molar-refractivity contribution in [2.75, 3.05) is 13.1 Å². The van der Waals surface area contributed by atoms with E-state index in [4.69, 9.17) is 0 Å². The summed E-state index contributed by atoms with van der Waals surface area (Å²) in [5.74, 6) is -0.937. The summed E-state index contributed by atoms with van der Waals surface area (Å²) in [6, 6.07) is -0.0844. The van der Waals surface area contributed by atoms with Gasteiger partial charge in [0.1, 0.15) is 0 Å². The molecule has 0 radical (unpaired) electrons. The van der Waals surface area contributed by atoms with E-state index in [9.17, 15) is 18.0 Å². The topological polar surface area (TPSA) is 41.1 Å². The van der Waals surface area contributed by atoms with Crippen LogP contribution in [0.25, 0.3) is 0 Å². The average Bonchev–Trinajstić information content (AvgIpc) is 2.75. The van der Waals surface area contributed by atoms with Crippen LogP contribution >= 0.6 is 0 Å². The molecule has 1 aliphatic heterocycles. The van der Waals surface area contributed by atoms with Gasteiger partial charge in [0.05, 0.1) is 11.8 Å². The van der Waals surface area contributed by atoms with Crippen molar-refractivity contribution in [1.29, 1.82) is 0 Å². The average molecular weight is 278 g/mol. The summed E-state index contributed by atoms with van der Waals surface area (Å²) >= 11 is 0. The monoisotopic (exact) mass is 278 g/mol. The zero-order valence-corrected chi connectivity index (χ0v) is 11.1. The zero-order valence-electron chi connectivity index (χ0n) is 11.1. The van der Waals surface area contributed by atoms with Gasteiger partial charge in [0.25, 0.3) is 0 Å². The maximum Gasteiger partial charge on any atom is 0.391 e. The fourth-order valence-electron chi connectivity index (χ4n) is 3.03. The number of rotatable bonds is 2. The van der Waals surface area contributed by atoms with E-state index in [1.54, 1.807) is 0 Å². The van der Waals surface area contributed by atoms with Gasteiger partial charge in [-0.05, 0) is 38.1 Å². The number of nitrogens with one attached hydrogen (secondary N) is 2. The normalized spacial score (nSPS) is 36.2. The first-order chi connectivity index (χ1) is 8.88. The van der Waals surface area contributed by atoms with Gasteiger partial charge >= 0.3 is 6.18 Å². The highest BCUT2D eigenvalue weighted by Gasteiger charge is 2.42. The second-order valence-corrected chi connectivity index (χ2v) is 5.84. The molecule has 3 nitrogen and oxygen atoms in total. The van der Waals surface area contributed by atoms with Gasteiger partial charge in [-0.15, -0.1) is 0 Å². The molecule has 1 saturated heterocycles. The van der Waals surface area contributed by atoms with E-state index < -0.39 is 12.1 Å². The minimum atomic E-state index is -4.08. The molecule has 1 amide bonds. The second-order valence-electron chi connectivity index (χ2n) is 5.84. The van der Waals surface area contributed by atoms with E-state index in [0.717, 1.165) is 6.54 Å². The molecular weight excluding hydrogens is 257 g/mol. The van der Waals surface area contributed by atoms with Crippen LogP contribution < -0.4 is 10.6 Å². The van der Waals surface area contributed by atoms with E-state index >= 15 is 0 Å². The molecule has 2 unspecified atom stereocenters. The van der Waals surface area contributed by atoms with Gasteiger partial charge < -0.3 is 10.6 Å². The molecular formula is C13H21F3N2O. The van der Waals surface area contributed by atoms with Crippen LogP contribution in [0.3, 0.4) is 0 Å². The summed E-state index contributed by atoms with van der Waals surface area (Å²) in [5, 5.41) is 6.07. The van der Waals surface area contributed by atoms with E-state index in [1.165, 1.54) is 0 Å². The lowest BCUT2D eigenvalue weighted by atomic mass is 9.85. The molecule has 2 rings (SSSR count). The lowest BCUT2D eigenvalue weighted by Crippen LogP contribution is -2.43. The van der Waals surface area contributed by atoms with E-state index in [2.05, 4.69) is 10.6 Å². The van der Waals surface area contributed by atoms with Crippen molar-refractivity contribution in [3.8, 4) is 0 Å². The van der Waals surface area contributed by atoms with Gasteiger partial charge in [-0.2, -0.15) is 13.2 Å². The largest absolute Gasteiger partial charge is 0.391 e. The SMILES string of the molecule is CC1CNCC1C(=O)NC1CCC(C(F)(F)F)CC1. The highest BCUT2D eigenvalue weighted by molar-refractivity contribution is 5.79. The van der Waals surface area contributed by atoms with Crippen LogP contribution in [0.5, 0.6) is 0 Å². The second kappa shape index (κ2) is 5.69. The predicted octanol–water partition coefficient (Wildman–Crippen LogP) is 2.08. The molecule has 0 aromatic rings. The standard InChI is InChI=1S/C13H21F3N2O/c1-8-6-17-7-11(8)12(19)18-10-4-2-9(3-5-10)13(14,15)16/h8-11,17H,2-7H2,1H3,(H,18,19). The molecule has 2 aliphatic rings. The van der Waals surface area contributed by atoms with Crippen molar-refractivity contribution in [3.05, 3.63) is 0 Å². The predicted molar refractivity (Wildman–Crippen MR) is 65.5 cm³/mol. The Kier molecular flexibility index (Phi) is 4.38. The molecule has 2 atom stereocenters. The quantitative estimate of drug-likeness (QED) is 0.812. The third-order valence-electron chi connectivity index (χ3n) is 4.39. The molecule has 2 N–H and O–H groups in total. The molecule has 0 bridgehead atoms. The minimum absolute atomic E-state index is 0.00652. The van der Waals surface area contributed by atoms with Crippen LogP contribution in [0.1, 0.15) is 32.6 Å². The van der Waals surface area contributed by atoms with Crippen LogP contribution in [0, 0.1) is 17.8 Å². The van der Waals surface area contributed by atoms with Crippen LogP contribution in [-0.2, 0) is 4.79 Å². The number of amides is 1. The summed E-state index contributed by atoms with van der Waals surface area (Å²) in [7, 11) is 0. The lowest BCUT2D eigenvalue weighted by Gasteiger charge is -2.31.